The molecule has 3 heterocycles. The Bertz CT molecular complexity index is 790. The van der Waals surface area contributed by atoms with E-state index < -0.39 is 11.2 Å². The second kappa shape index (κ2) is 5.49. The Morgan fingerprint density at radius 1 is 1.33 bits per heavy atom. The smallest absolute Gasteiger partial charge is 0.186 e. The Hall–Kier alpha value is -2.48. The van der Waals surface area contributed by atoms with E-state index in [4.69, 9.17) is 0 Å². The zero-order valence-corrected chi connectivity index (χ0v) is 11.8. The molecule has 3 aromatic heterocycles. The summed E-state index contributed by atoms with van der Waals surface area (Å²) >= 11 is 1.11. The summed E-state index contributed by atoms with van der Waals surface area (Å²) in [5.41, 5.74) is 1.37. The minimum absolute atomic E-state index is 0.557. The van der Waals surface area contributed by atoms with Crippen molar-refractivity contribution in [3.63, 3.8) is 0 Å². The van der Waals surface area contributed by atoms with Gasteiger partial charge in [-0.1, -0.05) is 11.8 Å². The third-order valence-electron chi connectivity index (χ3n) is 2.79. The Morgan fingerprint density at radius 3 is 2.90 bits per heavy atom. The highest BCUT2D eigenvalue weighted by Crippen LogP contribution is 2.22. The summed E-state index contributed by atoms with van der Waals surface area (Å²) in [7, 11) is 0. The fourth-order valence-electron chi connectivity index (χ4n) is 1.74. The molecule has 7 nitrogen and oxygen atoms in total. The molecule has 3 rings (SSSR count). The molecule has 0 spiro atoms. The number of fused-ring (bicyclic) bond motifs is 1. The van der Waals surface area contributed by atoms with Crippen molar-refractivity contribution in [1.82, 2.24) is 24.8 Å². The number of nitrogens with zero attached hydrogens (tertiary/aromatic N) is 5. The van der Waals surface area contributed by atoms with E-state index in [0.29, 0.717) is 16.5 Å². The van der Waals surface area contributed by atoms with Gasteiger partial charge in [0.25, 0.3) is 0 Å². The highest BCUT2D eigenvalue weighted by Gasteiger charge is 2.12. The molecular weight excluding hydrogens is 290 g/mol. The molecule has 0 bridgehead atoms. The second-order valence-corrected chi connectivity index (χ2v) is 5.65. The lowest BCUT2D eigenvalue weighted by atomic mass is 10.3. The summed E-state index contributed by atoms with van der Waals surface area (Å²) in [6, 6.07) is 7.10. The molecule has 0 radical (unpaired) electrons. The third kappa shape index (κ3) is 2.70. The quantitative estimate of drug-likeness (QED) is 0.644. The molecule has 1 atom stereocenters. The van der Waals surface area contributed by atoms with Gasteiger partial charge in [0.15, 0.2) is 11.5 Å². The van der Waals surface area contributed by atoms with Crippen molar-refractivity contribution in [2.45, 2.75) is 17.2 Å². The van der Waals surface area contributed by atoms with Crippen LogP contribution in [0.4, 0.5) is 0 Å². The lowest BCUT2D eigenvalue weighted by Gasteiger charge is -2.11. The number of carboxylic acid groups (broad SMARTS) is 1. The minimum atomic E-state index is -1.13. The van der Waals surface area contributed by atoms with Gasteiger partial charge in [-0.2, -0.15) is 9.61 Å². The molecule has 0 saturated heterocycles. The van der Waals surface area contributed by atoms with Gasteiger partial charge in [-0.15, -0.1) is 10.2 Å². The van der Waals surface area contributed by atoms with E-state index in [1.165, 1.54) is 0 Å². The molecule has 3 aromatic rings. The van der Waals surface area contributed by atoms with E-state index in [2.05, 4.69) is 20.3 Å². The maximum absolute atomic E-state index is 10.8. The van der Waals surface area contributed by atoms with Crippen molar-refractivity contribution in [2.24, 2.45) is 0 Å². The van der Waals surface area contributed by atoms with Gasteiger partial charge in [0.05, 0.1) is 5.97 Å². The van der Waals surface area contributed by atoms with E-state index in [9.17, 15) is 9.90 Å². The number of carbonyl (C=O) groups is 1. The maximum atomic E-state index is 10.8. The number of hydrogen-bond acceptors (Lipinski definition) is 7. The zero-order chi connectivity index (χ0) is 14.8. The van der Waals surface area contributed by atoms with Crippen LogP contribution in [0.25, 0.3) is 17.0 Å². The van der Waals surface area contributed by atoms with Gasteiger partial charge in [-0.05, 0) is 31.2 Å². The van der Waals surface area contributed by atoms with Crippen LogP contribution in [-0.2, 0) is 4.79 Å². The molecule has 21 heavy (non-hydrogen) atoms. The van der Waals surface area contributed by atoms with Gasteiger partial charge in [-0.3, -0.25) is 4.98 Å². The summed E-state index contributed by atoms with van der Waals surface area (Å²) in [6.45, 7) is 1.56. The predicted octanol–water partition coefficient (Wildman–Crippen LogP) is 0.417. The van der Waals surface area contributed by atoms with E-state index in [0.717, 1.165) is 17.3 Å². The number of aliphatic carboxylic acids is 1. The van der Waals surface area contributed by atoms with Gasteiger partial charge < -0.3 is 9.90 Å². The highest BCUT2D eigenvalue weighted by atomic mass is 32.2. The molecule has 0 aliphatic carbocycles. The first kappa shape index (κ1) is 13.5. The molecule has 0 aromatic carbocycles. The molecule has 0 aliphatic rings. The number of thioether (sulfide) groups is 1. The van der Waals surface area contributed by atoms with Crippen LogP contribution < -0.4 is 5.11 Å². The largest absolute Gasteiger partial charge is 0.549 e. The van der Waals surface area contributed by atoms with E-state index in [1.807, 2.05) is 6.07 Å². The number of hydrogen-bond donors (Lipinski definition) is 0. The fraction of sp³-hybridized carbons (Fsp3) is 0.154. The van der Waals surface area contributed by atoms with Crippen LogP contribution in [0.1, 0.15) is 6.92 Å². The normalized spacial score (nSPS) is 12.4. The van der Waals surface area contributed by atoms with Gasteiger partial charge in [0.1, 0.15) is 5.03 Å². The van der Waals surface area contributed by atoms with Crippen molar-refractivity contribution < 1.29 is 9.90 Å². The van der Waals surface area contributed by atoms with Gasteiger partial charge in [-0.25, -0.2) is 0 Å². The minimum Gasteiger partial charge on any atom is -0.549 e. The predicted molar refractivity (Wildman–Crippen MR) is 74.3 cm³/mol. The average Bonchev–Trinajstić information content (AvgIpc) is 2.91. The van der Waals surface area contributed by atoms with Crippen molar-refractivity contribution >= 4 is 23.4 Å². The molecule has 8 heteroatoms. The Morgan fingerprint density at radius 2 is 2.19 bits per heavy atom. The van der Waals surface area contributed by atoms with E-state index in [-0.39, 0.29) is 0 Å². The molecule has 0 N–H and O–H groups in total. The first-order chi connectivity index (χ1) is 10.1. The van der Waals surface area contributed by atoms with Crippen LogP contribution in [0.3, 0.4) is 0 Å². The van der Waals surface area contributed by atoms with Crippen LogP contribution in [0.2, 0.25) is 0 Å². The van der Waals surface area contributed by atoms with Crippen LogP contribution in [0.5, 0.6) is 0 Å². The Kier molecular flexibility index (Phi) is 3.53. The number of pyridine rings is 1. The van der Waals surface area contributed by atoms with Gasteiger partial charge in [0.2, 0.25) is 0 Å². The van der Waals surface area contributed by atoms with Crippen molar-refractivity contribution in [2.75, 3.05) is 0 Å². The molecule has 0 saturated carbocycles. The Balaban J connectivity index is 2.02. The van der Waals surface area contributed by atoms with Crippen LogP contribution in [0, 0.1) is 0 Å². The van der Waals surface area contributed by atoms with Crippen LogP contribution in [-0.4, -0.2) is 36.0 Å². The third-order valence-corrected chi connectivity index (χ3v) is 3.79. The SMILES string of the molecule is C[C@H](Sc1ccc2nnc(-c3cccnc3)n2n1)C(=O)[O-]. The molecule has 106 valence electrons. The number of aromatic nitrogens is 5. The molecule has 0 aliphatic heterocycles. The molecule has 0 amide bonds. The zero-order valence-electron chi connectivity index (χ0n) is 11.0. The number of carboxylic acids is 1. The van der Waals surface area contributed by atoms with Crippen molar-refractivity contribution in [1.29, 1.82) is 0 Å². The average molecular weight is 300 g/mol. The molecule has 0 unspecified atom stereocenters. The van der Waals surface area contributed by atoms with Crippen molar-refractivity contribution in [3.05, 3.63) is 36.7 Å². The summed E-state index contributed by atoms with van der Waals surface area (Å²) in [6.07, 6.45) is 3.34. The summed E-state index contributed by atoms with van der Waals surface area (Å²) in [5.74, 6) is -0.570. The van der Waals surface area contributed by atoms with E-state index in [1.54, 1.807) is 42.0 Å². The van der Waals surface area contributed by atoms with Gasteiger partial charge >= 0.3 is 0 Å². The summed E-state index contributed by atoms with van der Waals surface area (Å²) < 4.78 is 1.57. The maximum Gasteiger partial charge on any atom is 0.186 e. The topological polar surface area (TPSA) is 96.1 Å². The first-order valence-electron chi connectivity index (χ1n) is 6.15. The van der Waals surface area contributed by atoms with Crippen molar-refractivity contribution in [3.8, 4) is 11.4 Å². The van der Waals surface area contributed by atoms with E-state index >= 15 is 0 Å². The van der Waals surface area contributed by atoms with Gasteiger partial charge in [0, 0.05) is 23.2 Å². The van der Waals surface area contributed by atoms with Crippen LogP contribution in [0.15, 0.2) is 41.7 Å². The standard InChI is InChI=1S/C13H11N5O2S/c1-8(13(19)20)21-11-5-4-10-15-16-12(18(10)17-11)9-3-2-6-14-7-9/h2-8H,1H3,(H,19,20)/p-1/t8-/m0/s1. The number of rotatable bonds is 4. The number of carbonyl (C=O) groups excluding carboxylic acids is 1. The van der Waals surface area contributed by atoms with Crippen LogP contribution >= 0.6 is 11.8 Å². The lowest BCUT2D eigenvalue weighted by Crippen LogP contribution is -2.31. The second-order valence-electron chi connectivity index (χ2n) is 4.29. The fourth-order valence-corrected chi connectivity index (χ4v) is 2.47. The summed E-state index contributed by atoms with van der Waals surface area (Å²) in [5, 5.41) is 23.2. The molecule has 0 fully saturated rings. The lowest BCUT2D eigenvalue weighted by molar-refractivity contribution is -0.304. The highest BCUT2D eigenvalue weighted by molar-refractivity contribution is 8.00. The summed E-state index contributed by atoms with van der Waals surface area (Å²) in [4.78, 5) is 14.8. The monoisotopic (exact) mass is 300 g/mol. The first-order valence-corrected chi connectivity index (χ1v) is 7.03. The Labute approximate surface area is 124 Å². The molecular formula is C13H10N5O2S-.